The summed E-state index contributed by atoms with van der Waals surface area (Å²) < 4.78 is 15.5. The van der Waals surface area contributed by atoms with Gasteiger partial charge in [-0.25, -0.2) is 4.79 Å². The van der Waals surface area contributed by atoms with Crippen LogP contribution in [0.4, 0.5) is 10.5 Å². The Morgan fingerprint density at radius 2 is 1.96 bits per heavy atom. The van der Waals surface area contributed by atoms with Gasteiger partial charge in [-0.15, -0.1) is 0 Å². The fourth-order valence-electron chi connectivity index (χ4n) is 2.34. The largest absolute Gasteiger partial charge is 0.493 e. The molecule has 0 bridgehead atoms. The van der Waals surface area contributed by atoms with Gasteiger partial charge in [0.1, 0.15) is 13.2 Å². The molecule has 148 valence electrons. The highest BCUT2D eigenvalue weighted by Crippen LogP contribution is 2.28. The van der Waals surface area contributed by atoms with Crippen molar-refractivity contribution in [2.45, 2.75) is 13.5 Å². The smallest absolute Gasteiger partial charge is 0.411 e. The van der Waals surface area contributed by atoms with Crippen molar-refractivity contribution in [3.8, 4) is 11.5 Å². The SMILES string of the molecule is C=CCOc1ccc(C(C)=NOCc2ccccc2NC(=O)OC)cc1OC. The molecular weight excluding hydrogens is 360 g/mol. The zero-order valence-electron chi connectivity index (χ0n) is 16.2. The predicted octanol–water partition coefficient (Wildman–Crippen LogP) is 4.38. The number of oxime groups is 1. The van der Waals surface area contributed by atoms with Gasteiger partial charge in [0, 0.05) is 11.1 Å². The standard InChI is InChI=1S/C21H24N2O5/c1-5-12-27-19-11-10-16(13-20(19)25-3)15(2)23-28-14-17-8-6-7-9-18(17)22-21(24)26-4/h5-11,13H,1,12,14H2,2-4H3,(H,22,24). The van der Waals surface area contributed by atoms with Crippen molar-refractivity contribution in [1.29, 1.82) is 0 Å². The lowest BCUT2D eigenvalue weighted by Gasteiger charge is -2.11. The minimum atomic E-state index is -0.544. The van der Waals surface area contributed by atoms with E-state index < -0.39 is 6.09 Å². The molecule has 0 saturated carbocycles. The van der Waals surface area contributed by atoms with E-state index in [4.69, 9.17) is 14.3 Å². The number of hydrogen-bond acceptors (Lipinski definition) is 6. The monoisotopic (exact) mass is 384 g/mol. The minimum Gasteiger partial charge on any atom is -0.493 e. The normalized spacial score (nSPS) is 10.8. The number of carbonyl (C=O) groups is 1. The Morgan fingerprint density at radius 3 is 2.68 bits per heavy atom. The van der Waals surface area contributed by atoms with Gasteiger partial charge in [-0.1, -0.05) is 36.0 Å². The van der Waals surface area contributed by atoms with E-state index in [9.17, 15) is 4.79 Å². The van der Waals surface area contributed by atoms with E-state index in [1.165, 1.54) is 7.11 Å². The van der Waals surface area contributed by atoms with Gasteiger partial charge < -0.3 is 19.0 Å². The zero-order valence-corrected chi connectivity index (χ0v) is 16.2. The van der Waals surface area contributed by atoms with Crippen molar-refractivity contribution >= 4 is 17.5 Å². The molecule has 0 fully saturated rings. The molecule has 0 unspecified atom stereocenters. The van der Waals surface area contributed by atoms with E-state index in [1.54, 1.807) is 19.3 Å². The maximum Gasteiger partial charge on any atom is 0.411 e. The van der Waals surface area contributed by atoms with Gasteiger partial charge in [0.2, 0.25) is 0 Å². The lowest BCUT2D eigenvalue weighted by atomic mass is 10.1. The summed E-state index contributed by atoms with van der Waals surface area (Å²) in [5.41, 5.74) is 2.89. The average Bonchev–Trinajstić information content (AvgIpc) is 2.73. The number of carbonyl (C=O) groups excluding carboxylic acids is 1. The van der Waals surface area contributed by atoms with Gasteiger partial charge in [-0.05, 0) is 31.2 Å². The number of rotatable bonds is 9. The van der Waals surface area contributed by atoms with Crippen LogP contribution in [0, 0.1) is 0 Å². The van der Waals surface area contributed by atoms with Crippen molar-refractivity contribution in [1.82, 2.24) is 0 Å². The Hall–Kier alpha value is -3.48. The van der Waals surface area contributed by atoms with Crippen molar-refractivity contribution in [2.75, 3.05) is 26.1 Å². The quantitative estimate of drug-likeness (QED) is 0.394. The molecule has 0 aliphatic rings. The fourth-order valence-corrected chi connectivity index (χ4v) is 2.34. The van der Waals surface area contributed by atoms with Crippen molar-refractivity contribution in [3.63, 3.8) is 0 Å². The van der Waals surface area contributed by atoms with Crippen LogP contribution in [-0.2, 0) is 16.2 Å². The summed E-state index contributed by atoms with van der Waals surface area (Å²) in [6, 6.07) is 12.8. The lowest BCUT2D eigenvalue weighted by molar-refractivity contribution is 0.131. The molecule has 0 spiro atoms. The van der Waals surface area contributed by atoms with Gasteiger partial charge in [0.05, 0.1) is 25.6 Å². The second-order valence-electron chi connectivity index (χ2n) is 5.69. The van der Waals surface area contributed by atoms with Crippen LogP contribution < -0.4 is 14.8 Å². The molecule has 0 atom stereocenters. The number of nitrogens with zero attached hydrogens (tertiary/aromatic N) is 1. The van der Waals surface area contributed by atoms with Crippen LogP contribution in [0.5, 0.6) is 11.5 Å². The van der Waals surface area contributed by atoms with Gasteiger partial charge in [0.25, 0.3) is 0 Å². The molecule has 7 nitrogen and oxygen atoms in total. The van der Waals surface area contributed by atoms with Crippen LogP contribution in [0.25, 0.3) is 0 Å². The molecule has 0 aromatic heterocycles. The topological polar surface area (TPSA) is 78.4 Å². The maximum atomic E-state index is 11.4. The molecule has 0 saturated heterocycles. The Labute approximate surface area is 164 Å². The van der Waals surface area contributed by atoms with Crippen LogP contribution >= 0.6 is 0 Å². The van der Waals surface area contributed by atoms with E-state index in [0.29, 0.717) is 29.5 Å². The molecule has 0 aliphatic heterocycles. The molecule has 2 aromatic carbocycles. The van der Waals surface area contributed by atoms with Crippen LogP contribution in [0.2, 0.25) is 0 Å². The number of methoxy groups -OCH3 is 2. The Bertz CT molecular complexity index is 848. The third-order valence-electron chi connectivity index (χ3n) is 3.80. The highest BCUT2D eigenvalue weighted by Gasteiger charge is 2.09. The first-order valence-corrected chi connectivity index (χ1v) is 8.60. The summed E-state index contributed by atoms with van der Waals surface area (Å²) in [6.07, 6.45) is 1.12. The molecule has 28 heavy (non-hydrogen) atoms. The third-order valence-corrected chi connectivity index (χ3v) is 3.80. The summed E-state index contributed by atoms with van der Waals surface area (Å²) >= 11 is 0. The molecule has 2 aromatic rings. The zero-order chi connectivity index (χ0) is 20.4. The number of hydrogen-bond donors (Lipinski definition) is 1. The Morgan fingerprint density at radius 1 is 1.18 bits per heavy atom. The number of ether oxygens (including phenoxy) is 3. The summed E-state index contributed by atoms with van der Waals surface area (Å²) in [7, 11) is 2.89. The molecule has 0 heterocycles. The first kappa shape index (κ1) is 20.8. The second kappa shape index (κ2) is 10.6. The van der Waals surface area contributed by atoms with Gasteiger partial charge in [0.15, 0.2) is 11.5 Å². The summed E-state index contributed by atoms with van der Waals surface area (Å²) in [5, 5.41) is 6.80. The lowest BCUT2D eigenvalue weighted by Crippen LogP contribution is -2.12. The molecule has 2 rings (SSSR count). The molecule has 1 N–H and O–H groups in total. The van der Waals surface area contributed by atoms with E-state index in [0.717, 1.165) is 11.1 Å². The highest BCUT2D eigenvalue weighted by molar-refractivity contribution is 5.98. The van der Waals surface area contributed by atoms with E-state index in [2.05, 4.69) is 21.8 Å². The van der Waals surface area contributed by atoms with Crippen LogP contribution in [0.3, 0.4) is 0 Å². The third kappa shape index (κ3) is 5.77. The van der Waals surface area contributed by atoms with Crippen molar-refractivity contribution < 1.29 is 23.8 Å². The number of nitrogens with one attached hydrogen (secondary N) is 1. The summed E-state index contributed by atoms with van der Waals surface area (Å²) in [4.78, 5) is 16.9. The summed E-state index contributed by atoms with van der Waals surface area (Å²) in [6.45, 7) is 6.05. The van der Waals surface area contributed by atoms with Crippen LogP contribution in [-0.4, -0.2) is 32.6 Å². The maximum absolute atomic E-state index is 11.4. The second-order valence-corrected chi connectivity index (χ2v) is 5.69. The molecular formula is C21H24N2O5. The van der Waals surface area contributed by atoms with Crippen molar-refractivity contribution in [2.24, 2.45) is 5.16 Å². The first-order valence-electron chi connectivity index (χ1n) is 8.60. The Balaban J connectivity index is 2.07. The van der Waals surface area contributed by atoms with Gasteiger partial charge >= 0.3 is 6.09 Å². The number of para-hydroxylation sites is 1. The van der Waals surface area contributed by atoms with Crippen LogP contribution in [0.15, 0.2) is 60.3 Å². The predicted molar refractivity (Wildman–Crippen MR) is 108 cm³/mol. The highest BCUT2D eigenvalue weighted by atomic mass is 16.6. The Kier molecular flexibility index (Phi) is 7.90. The average molecular weight is 384 g/mol. The first-order chi connectivity index (χ1) is 13.6. The van der Waals surface area contributed by atoms with Gasteiger partial charge in [-0.2, -0.15) is 0 Å². The number of anilines is 1. The fraction of sp³-hybridized carbons (Fsp3) is 0.238. The molecule has 1 amide bonds. The van der Waals surface area contributed by atoms with E-state index >= 15 is 0 Å². The molecule has 7 heteroatoms. The minimum absolute atomic E-state index is 0.190. The van der Waals surface area contributed by atoms with Gasteiger partial charge in [-0.3, -0.25) is 5.32 Å². The van der Waals surface area contributed by atoms with Crippen LogP contribution in [0.1, 0.15) is 18.1 Å². The molecule has 0 radical (unpaired) electrons. The van der Waals surface area contributed by atoms with E-state index in [-0.39, 0.29) is 6.61 Å². The van der Waals surface area contributed by atoms with Crippen molar-refractivity contribution in [3.05, 3.63) is 66.2 Å². The molecule has 0 aliphatic carbocycles. The number of amides is 1. The van der Waals surface area contributed by atoms with E-state index in [1.807, 2.05) is 43.3 Å². The number of benzene rings is 2. The summed E-state index contributed by atoms with van der Waals surface area (Å²) in [5.74, 6) is 1.23.